The van der Waals surface area contributed by atoms with Gasteiger partial charge in [0.1, 0.15) is 28.4 Å². The molecule has 3 rings (SSSR count). The summed E-state index contributed by atoms with van der Waals surface area (Å²) in [7, 11) is 0. The van der Waals surface area contributed by atoms with Crippen molar-refractivity contribution in [1.29, 1.82) is 0 Å². The van der Waals surface area contributed by atoms with Gasteiger partial charge in [0.25, 0.3) is 0 Å². The minimum atomic E-state index is 0.591. The molecular formula is C15H19N5O. The average Bonchev–Trinajstić information content (AvgIpc) is 3.00. The van der Waals surface area contributed by atoms with Gasteiger partial charge in [0, 0.05) is 6.54 Å². The molecule has 1 N–H and O–H groups in total. The van der Waals surface area contributed by atoms with Crippen LogP contribution >= 0.6 is 0 Å². The second-order valence-electron chi connectivity index (χ2n) is 5.08. The van der Waals surface area contributed by atoms with Gasteiger partial charge in [0.05, 0.1) is 12.2 Å². The molecule has 3 aromatic rings. The van der Waals surface area contributed by atoms with Gasteiger partial charge in [0.2, 0.25) is 0 Å². The van der Waals surface area contributed by atoms with Gasteiger partial charge < -0.3 is 9.73 Å². The molecule has 0 spiro atoms. The number of hydrogen-bond donors (Lipinski definition) is 1. The zero-order valence-electron chi connectivity index (χ0n) is 12.8. The van der Waals surface area contributed by atoms with Gasteiger partial charge in [-0.05, 0) is 39.8 Å². The lowest BCUT2D eigenvalue weighted by Crippen LogP contribution is -2.06. The summed E-state index contributed by atoms with van der Waals surface area (Å²) in [4.78, 5) is 9.03. The fourth-order valence-electron chi connectivity index (χ4n) is 2.44. The molecule has 6 nitrogen and oxygen atoms in total. The minimum absolute atomic E-state index is 0.591. The van der Waals surface area contributed by atoms with Crippen molar-refractivity contribution in [3.63, 3.8) is 0 Å². The number of hydrogen-bond acceptors (Lipinski definition) is 5. The number of rotatable bonds is 4. The lowest BCUT2D eigenvalue weighted by molar-refractivity contribution is 0.490. The third-order valence-electron chi connectivity index (χ3n) is 3.39. The second-order valence-corrected chi connectivity index (χ2v) is 5.08. The van der Waals surface area contributed by atoms with Crippen molar-refractivity contribution in [1.82, 2.24) is 19.7 Å². The molecule has 3 heterocycles. The Hall–Kier alpha value is -2.37. The van der Waals surface area contributed by atoms with Crippen LogP contribution in [0.3, 0.4) is 0 Å². The lowest BCUT2D eigenvalue weighted by atomic mass is 10.3. The van der Waals surface area contributed by atoms with Crippen LogP contribution in [0.5, 0.6) is 0 Å². The Morgan fingerprint density at radius 3 is 2.67 bits per heavy atom. The summed E-state index contributed by atoms with van der Waals surface area (Å²) in [5.74, 6) is 3.33. The quantitative estimate of drug-likeness (QED) is 0.798. The van der Waals surface area contributed by atoms with E-state index in [0.29, 0.717) is 6.54 Å². The summed E-state index contributed by atoms with van der Waals surface area (Å²) in [6.45, 7) is 9.24. The van der Waals surface area contributed by atoms with Crippen molar-refractivity contribution in [2.75, 3.05) is 5.32 Å². The highest BCUT2D eigenvalue weighted by Crippen LogP contribution is 2.23. The number of nitrogens with zero attached hydrogens (tertiary/aromatic N) is 4. The van der Waals surface area contributed by atoms with E-state index in [9.17, 15) is 0 Å². The number of aromatic nitrogens is 4. The number of fused-ring (bicyclic) bond motifs is 1. The maximum atomic E-state index is 5.58. The van der Waals surface area contributed by atoms with Gasteiger partial charge in [0.15, 0.2) is 5.82 Å². The van der Waals surface area contributed by atoms with E-state index in [2.05, 4.69) is 27.3 Å². The first-order valence-electron chi connectivity index (χ1n) is 7.09. The standard InChI is InChI=1S/C15H19N5O/c1-5-20-14-13(10(3)19-20)17-11(4)18-15(14)16-8-12-7-6-9(2)21-12/h6-7H,5,8H2,1-4H3,(H,16,17,18). The molecule has 110 valence electrons. The molecule has 0 aliphatic heterocycles. The van der Waals surface area contributed by atoms with Crippen LogP contribution in [0.1, 0.15) is 30.0 Å². The first-order chi connectivity index (χ1) is 10.1. The minimum Gasteiger partial charge on any atom is -0.465 e. The van der Waals surface area contributed by atoms with Crippen molar-refractivity contribution in [3.05, 3.63) is 35.2 Å². The highest BCUT2D eigenvalue weighted by molar-refractivity contribution is 5.87. The average molecular weight is 285 g/mol. The highest BCUT2D eigenvalue weighted by atomic mass is 16.3. The Kier molecular flexibility index (Phi) is 3.37. The van der Waals surface area contributed by atoms with E-state index in [1.165, 1.54) is 0 Å². The predicted octanol–water partition coefficient (Wildman–Crippen LogP) is 2.98. The molecule has 0 fully saturated rings. The summed E-state index contributed by atoms with van der Waals surface area (Å²) in [6, 6.07) is 3.92. The predicted molar refractivity (Wildman–Crippen MR) is 81.2 cm³/mol. The van der Waals surface area contributed by atoms with E-state index in [1.807, 2.05) is 37.6 Å². The summed E-state index contributed by atoms with van der Waals surface area (Å²) >= 11 is 0. The largest absolute Gasteiger partial charge is 0.465 e. The topological polar surface area (TPSA) is 68.8 Å². The number of anilines is 1. The third kappa shape index (κ3) is 2.49. The van der Waals surface area contributed by atoms with Gasteiger partial charge >= 0.3 is 0 Å². The molecule has 3 aromatic heterocycles. The number of aryl methyl sites for hydroxylation is 4. The fourth-order valence-corrected chi connectivity index (χ4v) is 2.44. The van der Waals surface area contributed by atoms with Gasteiger partial charge in [-0.1, -0.05) is 0 Å². The van der Waals surface area contributed by atoms with E-state index in [1.54, 1.807) is 0 Å². The zero-order chi connectivity index (χ0) is 15.0. The van der Waals surface area contributed by atoms with Gasteiger partial charge in [-0.25, -0.2) is 9.97 Å². The van der Waals surface area contributed by atoms with E-state index >= 15 is 0 Å². The Labute approximate surface area is 123 Å². The Morgan fingerprint density at radius 1 is 1.19 bits per heavy atom. The van der Waals surface area contributed by atoms with Crippen molar-refractivity contribution in [3.8, 4) is 0 Å². The van der Waals surface area contributed by atoms with Gasteiger partial charge in [-0.2, -0.15) is 5.10 Å². The Balaban J connectivity index is 2.00. The first kappa shape index (κ1) is 13.6. The van der Waals surface area contributed by atoms with Crippen LogP contribution in [0.2, 0.25) is 0 Å². The van der Waals surface area contributed by atoms with E-state index in [4.69, 9.17) is 4.42 Å². The summed E-state index contributed by atoms with van der Waals surface area (Å²) < 4.78 is 7.51. The summed E-state index contributed by atoms with van der Waals surface area (Å²) in [5.41, 5.74) is 2.78. The molecular weight excluding hydrogens is 266 g/mol. The molecule has 0 radical (unpaired) electrons. The maximum Gasteiger partial charge on any atom is 0.156 e. The molecule has 21 heavy (non-hydrogen) atoms. The lowest BCUT2D eigenvalue weighted by Gasteiger charge is -2.08. The molecule has 6 heteroatoms. The van der Waals surface area contributed by atoms with Crippen molar-refractivity contribution in [2.45, 2.75) is 40.8 Å². The van der Waals surface area contributed by atoms with Gasteiger partial charge in [-0.3, -0.25) is 4.68 Å². The van der Waals surface area contributed by atoms with Gasteiger partial charge in [-0.15, -0.1) is 0 Å². The third-order valence-corrected chi connectivity index (χ3v) is 3.39. The number of furan rings is 1. The van der Waals surface area contributed by atoms with Crippen LogP contribution in [0.15, 0.2) is 16.5 Å². The normalized spacial score (nSPS) is 11.2. The molecule has 0 saturated carbocycles. The van der Waals surface area contributed by atoms with Crippen molar-refractivity contribution >= 4 is 16.9 Å². The molecule has 0 unspecified atom stereocenters. The zero-order valence-corrected chi connectivity index (χ0v) is 12.8. The fraction of sp³-hybridized carbons (Fsp3) is 0.400. The monoisotopic (exact) mass is 285 g/mol. The second kappa shape index (κ2) is 5.20. The SMILES string of the molecule is CCn1nc(C)c2nc(C)nc(NCc3ccc(C)o3)c21. The van der Waals surface area contributed by atoms with Crippen LogP contribution in [0, 0.1) is 20.8 Å². The van der Waals surface area contributed by atoms with Crippen LogP contribution in [-0.2, 0) is 13.1 Å². The highest BCUT2D eigenvalue weighted by Gasteiger charge is 2.14. The smallest absolute Gasteiger partial charge is 0.156 e. The van der Waals surface area contributed by atoms with Crippen molar-refractivity contribution in [2.24, 2.45) is 0 Å². The molecule has 0 bridgehead atoms. The summed E-state index contributed by atoms with van der Waals surface area (Å²) in [5, 5.41) is 7.86. The number of nitrogens with one attached hydrogen (secondary N) is 1. The maximum absolute atomic E-state index is 5.58. The van der Waals surface area contributed by atoms with Crippen LogP contribution in [0.4, 0.5) is 5.82 Å². The Bertz CT molecular complexity index is 787. The van der Waals surface area contributed by atoms with E-state index < -0.39 is 0 Å². The van der Waals surface area contributed by atoms with Crippen LogP contribution < -0.4 is 5.32 Å². The molecule has 0 saturated heterocycles. The molecule has 0 atom stereocenters. The van der Waals surface area contributed by atoms with Crippen molar-refractivity contribution < 1.29 is 4.42 Å². The van der Waals surface area contributed by atoms with E-state index in [0.717, 1.165) is 46.4 Å². The van der Waals surface area contributed by atoms with Crippen LogP contribution in [0.25, 0.3) is 11.0 Å². The molecule has 0 aliphatic carbocycles. The molecule has 0 amide bonds. The molecule has 0 aliphatic rings. The van der Waals surface area contributed by atoms with Crippen LogP contribution in [-0.4, -0.2) is 19.7 Å². The Morgan fingerprint density at radius 2 is 2.00 bits per heavy atom. The first-order valence-corrected chi connectivity index (χ1v) is 7.09. The molecule has 0 aromatic carbocycles. The van der Waals surface area contributed by atoms with E-state index in [-0.39, 0.29) is 0 Å². The summed E-state index contributed by atoms with van der Waals surface area (Å²) in [6.07, 6.45) is 0.